The summed E-state index contributed by atoms with van der Waals surface area (Å²) in [7, 11) is 0. The van der Waals surface area contributed by atoms with Gasteiger partial charge in [0.05, 0.1) is 11.6 Å². The summed E-state index contributed by atoms with van der Waals surface area (Å²) in [4.78, 5) is 14.6. The van der Waals surface area contributed by atoms with E-state index in [0.717, 1.165) is 48.7 Å². The lowest BCUT2D eigenvalue weighted by Crippen LogP contribution is -2.48. The van der Waals surface area contributed by atoms with Gasteiger partial charge < -0.3 is 4.90 Å². The van der Waals surface area contributed by atoms with Gasteiger partial charge in [-0.2, -0.15) is 0 Å². The summed E-state index contributed by atoms with van der Waals surface area (Å²) in [6.45, 7) is 3.84. The van der Waals surface area contributed by atoms with Crippen molar-refractivity contribution in [2.24, 2.45) is 0 Å². The number of pyridine rings is 1. The van der Waals surface area contributed by atoms with E-state index >= 15 is 0 Å². The number of anilines is 1. The summed E-state index contributed by atoms with van der Waals surface area (Å²) in [6.07, 6.45) is 3.90. The van der Waals surface area contributed by atoms with E-state index in [0.29, 0.717) is 0 Å². The third-order valence-corrected chi connectivity index (χ3v) is 6.41. The first-order valence-electron chi connectivity index (χ1n) is 11.2. The van der Waals surface area contributed by atoms with Crippen LogP contribution in [0.5, 0.6) is 0 Å². The second-order valence-electron chi connectivity index (χ2n) is 8.29. The Balaban J connectivity index is 1.31. The summed E-state index contributed by atoms with van der Waals surface area (Å²) >= 11 is 0. The van der Waals surface area contributed by atoms with E-state index in [9.17, 15) is 0 Å². The topological polar surface area (TPSA) is 36.7 Å². The lowest BCUT2D eigenvalue weighted by atomic mass is 9.96. The summed E-state index contributed by atoms with van der Waals surface area (Å²) in [5.41, 5.74) is 5.64. The van der Waals surface area contributed by atoms with Gasteiger partial charge >= 0.3 is 0 Å². The Labute approximate surface area is 187 Å². The summed E-state index contributed by atoms with van der Waals surface area (Å²) < 4.78 is 2.15. The fourth-order valence-electron chi connectivity index (χ4n) is 4.89. The molecule has 6 rings (SSSR count). The number of aromatic nitrogens is 3. The molecule has 0 bridgehead atoms. The fourth-order valence-corrected chi connectivity index (χ4v) is 4.89. The van der Waals surface area contributed by atoms with Crippen LogP contribution in [-0.4, -0.2) is 45.4 Å². The number of hydrogen-bond donors (Lipinski definition) is 0. The van der Waals surface area contributed by atoms with E-state index < -0.39 is 0 Å². The SMILES string of the molecule is c1ccc(C(c2ccccc2)N2CCN(c3nc4cccnc4n4cccc34)CC2)cc1. The van der Waals surface area contributed by atoms with E-state index in [1.54, 1.807) is 0 Å². The van der Waals surface area contributed by atoms with Crippen molar-refractivity contribution in [2.75, 3.05) is 31.1 Å². The van der Waals surface area contributed by atoms with Crippen LogP contribution in [-0.2, 0) is 0 Å². The molecule has 4 heterocycles. The van der Waals surface area contributed by atoms with Crippen LogP contribution in [0.3, 0.4) is 0 Å². The monoisotopic (exact) mass is 419 g/mol. The highest BCUT2D eigenvalue weighted by Crippen LogP contribution is 2.31. The van der Waals surface area contributed by atoms with Crippen molar-refractivity contribution in [3.8, 4) is 0 Å². The Bertz CT molecular complexity index is 1300. The molecule has 0 amide bonds. The number of fused-ring (bicyclic) bond motifs is 3. The zero-order valence-corrected chi connectivity index (χ0v) is 17.9. The molecule has 0 aliphatic carbocycles. The van der Waals surface area contributed by atoms with Gasteiger partial charge in [0.15, 0.2) is 11.5 Å². The minimum Gasteiger partial charge on any atom is -0.352 e. The summed E-state index contributed by atoms with van der Waals surface area (Å²) in [6, 6.07) is 30.2. The van der Waals surface area contributed by atoms with Crippen LogP contribution < -0.4 is 4.90 Å². The quantitative estimate of drug-likeness (QED) is 0.420. The second-order valence-corrected chi connectivity index (χ2v) is 8.29. The number of benzene rings is 2. The molecule has 1 fully saturated rings. The highest BCUT2D eigenvalue weighted by Gasteiger charge is 2.27. The van der Waals surface area contributed by atoms with Crippen molar-refractivity contribution >= 4 is 22.5 Å². The molecule has 5 nitrogen and oxygen atoms in total. The minimum absolute atomic E-state index is 0.265. The third-order valence-electron chi connectivity index (χ3n) is 6.41. The largest absolute Gasteiger partial charge is 0.352 e. The van der Waals surface area contributed by atoms with Crippen LogP contribution in [0, 0.1) is 0 Å². The summed E-state index contributed by atoms with van der Waals surface area (Å²) in [5.74, 6) is 1.05. The third kappa shape index (κ3) is 3.31. The molecule has 1 aliphatic heterocycles. The molecule has 0 N–H and O–H groups in total. The van der Waals surface area contributed by atoms with Gasteiger partial charge in [-0.1, -0.05) is 60.7 Å². The average molecular weight is 420 g/mol. The maximum atomic E-state index is 5.01. The lowest BCUT2D eigenvalue weighted by molar-refractivity contribution is 0.212. The van der Waals surface area contributed by atoms with Gasteiger partial charge in [-0.3, -0.25) is 9.30 Å². The molecule has 158 valence electrons. The van der Waals surface area contributed by atoms with E-state index in [2.05, 4.69) is 98.2 Å². The van der Waals surface area contributed by atoms with E-state index in [1.807, 2.05) is 18.3 Å². The molecule has 0 radical (unpaired) electrons. The second kappa shape index (κ2) is 8.09. The van der Waals surface area contributed by atoms with Crippen molar-refractivity contribution in [1.29, 1.82) is 0 Å². The normalized spacial score (nSPS) is 15.1. The van der Waals surface area contributed by atoms with Crippen LogP contribution in [0.15, 0.2) is 97.3 Å². The fraction of sp³-hybridized carbons (Fsp3) is 0.185. The maximum absolute atomic E-state index is 5.01. The van der Waals surface area contributed by atoms with Gasteiger partial charge in [0.25, 0.3) is 0 Å². The van der Waals surface area contributed by atoms with Gasteiger partial charge in [0.2, 0.25) is 0 Å². The van der Waals surface area contributed by atoms with E-state index in [-0.39, 0.29) is 6.04 Å². The van der Waals surface area contributed by atoms with Crippen molar-refractivity contribution < 1.29 is 0 Å². The van der Waals surface area contributed by atoms with Crippen molar-refractivity contribution in [1.82, 2.24) is 19.3 Å². The Kier molecular flexibility index (Phi) is 4.81. The molecule has 32 heavy (non-hydrogen) atoms. The zero-order chi connectivity index (χ0) is 21.3. The summed E-state index contributed by atoms with van der Waals surface area (Å²) in [5, 5.41) is 0. The maximum Gasteiger partial charge on any atom is 0.163 e. The molecule has 1 saturated heterocycles. The van der Waals surface area contributed by atoms with Crippen molar-refractivity contribution in [3.05, 3.63) is 108 Å². The van der Waals surface area contributed by atoms with Crippen LogP contribution in [0.2, 0.25) is 0 Å². The smallest absolute Gasteiger partial charge is 0.163 e. The molecule has 2 aromatic carbocycles. The molecule has 5 aromatic rings. The molecule has 1 aliphatic rings. The van der Waals surface area contributed by atoms with Gasteiger partial charge in [0.1, 0.15) is 5.52 Å². The van der Waals surface area contributed by atoms with Gasteiger partial charge in [0, 0.05) is 38.6 Å². The predicted molar refractivity (Wildman–Crippen MR) is 129 cm³/mol. The van der Waals surface area contributed by atoms with Crippen LogP contribution in [0.4, 0.5) is 5.82 Å². The molecule has 0 unspecified atom stereocenters. The molecule has 5 heteroatoms. The number of hydrogen-bond acceptors (Lipinski definition) is 4. The Morgan fingerprint density at radius 1 is 0.688 bits per heavy atom. The Hall–Kier alpha value is -3.70. The molecule has 0 atom stereocenters. The lowest BCUT2D eigenvalue weighted by Gasteiger charge is -2.40. The van der Waals surface area contributed by atoms with E-state index in [1.165, 1.54) is 11.1 Å². The van der Waals surface area contributed by atoms with Crippen molar-refractivity contribution in [3.63, 3.8) is 0 Å². The minimum atomic E-state index is 0.265. The predicted octanol–water partition coefficient (Wildman–Crippen LogP) is 4.79. The first-order valence-corrected chi connectivity index (χ1v) is 11.2. The van der Waals surface area contributed by atoms with Gasteiger partial charge in [-0.15, -0.1) is 0 Å². The highest BCUT2D eigenvalue weighted by atomic mass is 15.3. The number of rotatable bonds is 4. The van der Waals surface area contributed by atoms with Gasteiger partial charge in [-0.05, 0) is 35.4 Å². The zero-order valence-electron chi connectivity index (χ0n) is 17.9. The Morgan fingerprint density at radius 3 is 2.06 bits per heavy atom. The molecular weight excluding hydrogens is 394 g/mol. The van der Waals surface area contributed by atoms with Crippen LogP contribution >= 0.6 is 0 Å². The number of nitrogens with zero attached hydrogens (tertiary/aromatic N) is 5. The molecule has 0 spiro atoms. The molecule has 0 saturated carbocycles. The highest BCUT2D eigenvalue weighted by molar-refractivity contribution is 5.82. The van der Waals surface area contributed by atoms with Crippen molar-refractivity contribution in [2.45, 2.75) is 6.04 Å². The van der Waals surface area contributed by atoms with Crippen LogP contribution in [0.25, 0.3) is 16.7 Å². The average Bonchev–Trinajstić information content (AvgIpc) is 3.36. The first-order chi connectivity index (χ1) is 15.9. The number of piperazine rings is 1. The molecule has 3 aromatic heterocycles. The molecular formula is C27H25N5. The Morgan fingerprint density at radius 2 is 1.38 bits per heavy atom. The standard InChI is InChI=1S/C27H25N5/c1-3-9-21(10-4-1)25(22-11-5-2-6-12-22)30-17-19-31(20-18-30)27-24-14-8-16-32(24)26-23(29-27)13-7-15-28-26/h1-16,25H,17-20H2. The van der Waals surface area contributed by atoms with Gasteiger partial charge in [-0.25, -0.2) is 9.97 Å². The van der Waals surface area contributed by atoms with E-state index in [4.69, 9.17) is 4.98 Å². The first kappa shape index (κ1) is 19.0. The van der Waals surface area contributed by atoms with Crippen LogP contribution in [0.1, 0.15) is 17.2 Å².